The SMILES string of the molecule is F[B-](F)(F)Cc1cncc(C(F)(F)F)c1.[K+]. The summed E-state index contributed by atoms with van der Waals surface area (Å²) >= 11 is 0. The Hall–Kier alpha value is 0.431. The van der Waals surface area contributed by atoms with Crippen molar-refractivity contribution in [2.75, 3.05) is 0 Å². The molecule has 9 heteroatoms. The molecule has 0 fully saturated rings. The largest absolute Gasteiger partial charge is 1.00 e. The molecule has 16 heavy (non-hydrogen) atoms. The van der Waals surface area contributed by atoms with Crippen molar-refractivity contribution < 1.29 is 77.5 Å². The molecule has 0 atom stereocenters. The predicted octanol–water partition coefficient (Wildman–Crippen LogP) is 0.0335. The summed E-state index contributed by atoms with van der Waals surface area (Å²) in [5, 5.41) is 0. The van der Waals surface area contributed by atoms with Crippen LogP contribution in [0.5, 0.6) is 0 Å². The third kappa shape index (κ3) is 5.67. The van der Waals surface area contributed by atoms with Crippen molar-refractivity contribution in [1.29, 1.82) is 0 Å². The first-order valence-corrected chi connectivity index (χ1v) is 3.90. The van der Waals surface area contributed by atoms with Crippen LogP contribution in [-0.4, -0.2) is 12.0 Å². The van der Waals surface area contributed by atoms with Gasteiger partial charge in [0.2, 0.25) is 0 Å². The second-order valence-electron chi connectivity index (χ2n) is 2.99. The fourth-order valence-corrected chi connectivity index (χ4v) is 1.02. The number of hydrogen-bond acceptors (Lipinski definition) is 1. The summed E-state index contributed by atoms with van der Waals surface area (Å²) in [4.78, 5) is 3.13. The first kappa shape index (κ1) is 16.4. The van der Waals surface area contributed by atoms with E-state index in [4.69, 9.17) is 0 Å². The zero-order valence-corrected chi connectivity index (χ0v) is 11.4. The first-order chi connectivity index (χ1) is 6.68. The van der Waals surface area contributed by atoms with Crippen molar-refractivity contribution >= 4 is 6.98 Å². The molecule has 1 aromatic heterocycles. The van der Waals surface area contributed by atoms with Gasteiger partial charge < -0.3 is 12.9 Å². The van der Waals surface area contributed by atoms with Gasteiger partial charge in [-0.1, -0.05) is 11.9 Å². The minimum atomic E-state index is -5.14. The molecule has 1 nitrogen and oxygen atoms in total. The van der Waals surface area contributed by atoms with Gasteiger partial charge in [-0.15, -0.1) is 0 Å². The smallest absolute Gasteiger partial charge is 0.449 e. The zero-order valence-electron chi connectivity index (χ0n) is 8.23. The molecule has 0 spiro atoms. The van der Waals surface area contributed by atoms with Crippen LogP contribution in [0.1, 0.15) is 11.1 Å². The normalized spacial score (nSPS) is 12.1. The standard InChI is InChI=1S/C7H5BF6N.K/c9-7(10,11)6-1-5(3-15-4-6)2-8(12,13)14;/h1,3-4H,2H2;/q-1;+1. The molecule has 0 bridgehead atoms. The van der Waals surface area contributed by atoms with Crippen molar-refractivity contribution in [3.8, 4) is 0 Å². The van der Waals surface area contributed by atoms with Crippen molar-refractivity contribution in [2.24, 2.45) is 0 Å². The van der Waals surface area contributed by atoms with E-state index >= 15 is 0 Å². The van der Waals surface area contributed by atoms with Crippen LogP contribution < -0.4 is 51.4 Å². The third-order valence-corrected chi connectivity index (χ3v) is 1.59. The first-order valence-electron chi connectivity index (χ1n) is 3.90. The van der Waals surface area contributed by atoms with Crippen LogP contribution in [0.4, 0.5) is 26.1 Å². The van der Waals surface area contributed by atoms with Gasteiger partial charge in [-0.2, -0.15) is 13.2 Å². The van der Waals surface area contributed by atoms with Crippen molar-refractivity contribution in [3.05, 3.63) is 29.6 Å². The van der Waals surface area contributed by atoms with Crippen molar-refractivity contribution in [2.45, 2.75) is 12.5 Å². The molecular formula is C7H5BF6KN. The van der Waals surface area contributed by atoms with Gasteiger partial charge in [0.15, 0.2) is 0 Å². The molecule has 0 aromatic carbocycles. The molecule has 0 N–H and O–H groups in total. The van der Waals surface area contributed by atoms with E-state index in [-0.39, 0.29) is 51.4 Å². The van der Waals surface area contributed by atoms with E-state index in [2.05, 4.69) is 4.98 Å². The van der Waals surface area contributed by atoms with Crippen LogP contribution in [0.25, 0.3) is 0 Å². The molecule has 0 amide bonds. The number of rotatable bonds is 2. The molecule has 1 heterocycles. The Morgan fingerprint density at radius 3 is 2.12 bits per heavy atom. The molecule has 0 aliphatic carbocycles. The van der Waals surface area contributed by atoms with Gasteiger partial charge in [0, 0.05) is 12.4 Å². The van der Waals surface area contributed by atoms with Crippen LogP contribution in [0.2, 0.25) is 0 Å². The van der Waals surface area contributed by atoms with E-state index < -0.39 is 30.6 Å². The molecule has 0 aliphatic heterocycles. The topological polar surface area (TPSA) is 12.9 Å². The predicted molar refractivity (Wildman–Crippen MR) is 42.0 cm³/mol. The second kappa shape index (κ2) is 5.85. The van der Waals surface area contributed by atoms with Gasteiger partial charge >= 0.3 is 64.5 Å². The van der Waals surface area contributed by atoms with Gasteiger partial charge in [-0.3, -0.25) is 4.98 Å². The van der Waals surface area contributed by atoms with E-state index in [1.807, 2.05) is 0 Å². The molecule has 1 rings (SSSR count). The third-order valence-electron chi connectivity index (χ3n) is 1.59. The monoisotopic (exact) mass is 267 g/mol. The Morgan fingerprint density at radius 2 is 1.69 bits per heavy atom. The van der Waals surface area contributed by atoms with Crippen LogP contribution in [0.3, 0.4) is 0 Å². The Labute approximate surface area is 130 Å². The van der Waals surface area contributed by atoms with Crippen molar-refractivity contribution in [3.63, 3.8) is 0 Å². The Balaban J connectivity index is 0.00000225. The maximum Gasteiger partial charge on any atom is 1.00 e. The number of aromatic nitrogens is 1. The summed E-state index contributed by atoms with van der Waals surface area (Å²) in [6, 6.07) is 0.461. The Kier molecular flexibility index (Phi) is 6.01. The van der Waals surface area contributed by atoms with Gasteiger partial charge in [0.05, 0.1) is 5.56 Å². The Morgan fingerprint density at radius 1 is 1.12 bits per heavy atom. The number of nitrogens with zero attached hydrogens (tertiary/aromatic N) is 1. The van der Waals surface area contributed by atoms with Crippen LogP contribution >= 0.6 is 0 Å². The molecule has 0 saturated heterocycles. The second-order valence-corrected chi connectivity index (χ2v) is 2.99. The average molecular weight is 267 g/mol. The minimum absolute atomic E-state index is 0. The van der Waals surface area contributed by atoms with Crippen LogP contribution in [-0.2, 0) is 12.5 Å². The number of alkyl halides is 3. The molecule has 0 saturated carbocycles. The fraction of sp³-hybridized carbons (Fsp3) is 0.286. The summed E-state index contributed by atoms with van der Waals surface area (Å²) in [5.74, 6) is 0. The van der Waals surface area contributed by atoms with Crippen molar-refractivity contribution in [1.82, 2.24) is 4.98 Å². The van der Waals surface area contributed by atoms with Crippen LogP contribution in [0.15, 0.2) is 18.5 Å². The summed E-state index contributed by atoms with van der Waals surface area (Å²) in [7, 11) is 0. The summed E-state index contributed by atoms with van der Waals surface area (Å²) in [6.45, 7) is -5.14. The van der Waals surface area contributed by atoms with E-state index in [0.717, 1.165) is 6.20 Å². The van der Waals surface area contributed by atoms with E-state index in [1.54, 1.807) is 0 Å². The molecule has 0 unspecified atom stereocenters. The van der Waals surface area contributed by atoms with Gasteiger partial charge in [-0.05, 0) is 6.07 Å². The number of hydrogen-bond donors (Lipinski definition) is 0. The van der Waals surface area contributed by atoms with Crippen LogP contribution in [0, 0.1) is 0 Å². The molecule has 84 valence electrons. The fourth-order valence-electron chi connectivity index (χ4n) is 1.02. The van der Waals surface area contributed by atoms with E-state index in [1.165, 1.54) is 0 Å². The van der Waals surface area contributed by atoms with Gasteiger partial charge in [0.1, 0.15) is 0 Å². The summed E-state index contributed by atoms with van der Waals surface area (Å²) in [5.41, 5.74) is -1.64. The summed E-state index contributed by atoms with van der Waals surface area (Å²) < 4.78 is 72.0. The van der Waals surface area contributed by atoms with E-state index in [0.29, 0.717) is 12.3 Å². The maximum atomic E-state index is 12.1. The quantitative estimate of drug-likeness (QED) is 0.544. The molecule has 0 aliphatic rings. The Bertz CT molecular complexity index is 349. The average Bonchev–Trinajstić information content (AvgIpc) is 1.99. The minimum Gasteiger partial charge on any atom is -0.449 e. The molecule has 1 aromatic rings. The van der Waals surface area contributed by atoms with E-state index in [9.17, 15) is 26.1 Å². The molecule has 0 radical (unpaired) electrons. The van der Waals surface area contributed by atoms with Gasteiger partial charge in [0.25, 0.3) is 0 Å². The summed E-state index contributed by atoms with van der Waals surface area (Å²) in [6.07, 6.45) is -4.74. The molecular weight excluding hydrogens is 262 g/mol. The zero-order chi connectivity index (χ0) is 11.7. The number of halogens is 6. The maximum absolute atomic E-state index is 12.1. The van der Waals surface area contributed by atoms with Gasteiger partial charge in [-0.25, -0.2) is 0 Å². The number of pyridine rings is 1.